The van der Waals surface area contributed by atoms with Crippen LogP contribution in [0.5, 0.6) is 11.5 Å². The van der Waals surface area contributed by atoms with Gasteiger partial charge in [0.1, 0.15) is 18.1 Å². The second-order valence-electron chi connectivity index (χ2n) is 11.5. The van der Waals surface area contributed by atoms with Gasteiger partial charge in [0.25, 0.3) is 5.09 Å². The molecule has 1 N–H and O–H groups in total. The van der Waals surface area contributed by atoms with E-state index in [-0.39, 0.29) is 50.1 Å². The minimum atomic E-state index is -1.18. The number of benzene rings is 1. The molecule has 0 bridgehead atoms. The maximum Gasteiger partial charge on any atom is 0.315 e. The van der Waals surface area contributed by atoms with Gasteiger partial charge in [-0.05, 0) is 75.6 Å². The van der Waals surface area contributed by atoms with Crippen molar-refractivity contribution in [1.82, 2.24) is 0 Å². The van der Waals surface area contributed by atoms with Gasteiger partial charge in [-0.15, -0.1) is 10.1 Å². The standard InChI is InChI=1S/C32H45NO10/c1-7-8-9-10-15-40-31(37)32(5,6)24-18-27(35)30(28(19-24)43-29(36)12-11-16-42-33(38)39)26-17-23(20-41-22(4)34)13-14-25(26)21(2)3/h17-19,25-26,35H,2,7-16,20H2,1,3-6H3. The van der Waals surface area contributed by atoms with Crippen LogP contribution in [0, 0.1) is 16.0 Å². The quantitative estimate of drug-likeness (QED) is 0.0540. The van der Waals surface area contributed by atoms with Crippen LogP contribution in [0.15, 0.2) is 35.9 Å². The van der Waals surface area contributed by atoms with Crippen molar-refractivity contribution in [2.45, 2.75) is 97.3 Å². The first-order valence-corrected chi connectivity index (χ1v) is 14.8. The van der Waals surface area contributed by atoms with E-state index in [4.69, 9.17) is 14.2 Å². The maximum absolute atomic E-state index is 13.1. The number of rotatable bonds is 17. The van der Waals surface area contributed by atoms with Crippen LogP contribution >= 0.6 is 0 Å². The molecule has 0 fully saturated rings. The molecule has 0 aromatic heterocycles. The van der Waals surface area contributed by atoms with Crippen LogP contribution in [0.4, 0.5) is 0 Å². The Morgan fingerprint density at radius 3 is 2.44 bits per heavy atom. The molecule has 0 spiro atoms. The Morgan fingerprint density at radius 1 is 1.09 bits per heavy atom. The fourth-order valence-corrected chi connectivity index (χ4v) is 5.04. The monoisotopic (exact) mass is 603 g/mol. The molecule has 0 amide bonds. The Balaban J connectivity index is 2.51. The fraction of sp³-hybridized carbons (Fsp3) is 0.594. The molecule has 0 heterocycles. The van der Waals surface area contributed by atoms with Crippen molar-refractivity contribution >= 4 is 17.9 Å². The number of phenols is 1. The molecule has 11 nitrogen and oxygen atoms in total. The topological polar surface area (TPSA) is 152 Å². The molecule has 1 aromatic rings. The molecule has 1 aromatic carbocycles. The highest BCUT2D eigenvalue weighted by atomic mass is 16.9. The van der Waals surface area contributed by atoms with Crippen LogP contribution in [0.1, 0.15) is 103 Å². The third-order valence-corrected chi connectivity index (χ3v) is 7.58. The first-order chi connectivity index (χ1) is 20.3. The molecule has 0 saturated carbocycles. The summed E-state index contributed by atoms with van der Waals surface area (Å²) in [5, 5.41) is 21.0. The van der Waals surface area contributed by atoms with Gasteiger partial charge in [-0.3, -0.25) is 14.4 Å². The molecule has 1 aliphatic rings. The Morgan fingerprint density at radius 2 is 1.81 bits per heavy atom. The van der Waals surface area contributed by atoms with Crippen molar-refractivity contribution in [3.63, 3.8) is 0 Å². The Hall–Kier alpha value is -3.89. The minimum absolute atomic E-state index is 0.0426. The number of ether oxygens (including phenoxy) is 3. The molecule has 2 atom stereocenters. The first-order valence-electron chi connectivity index (χ1n) is 14.8. The number of nitrogens with zero attached hydrogens (tertiary/aromatic N) is 1. The lowest BCUT2D eigenvalue weighted by Gasteiger charge is -2.33. The summed E-state index contributed by atoms with van der Waals surface area (Å²) in [7, 11) is 0. The smallest absolute Gasteiger partial charge is 0.315 e. The zero-order chi connectivity index (χ0) is 32.2. The molecule has 2 unspecified atom stereocenters. The summed E-state index contributed by atoms with van der Waals surface area (Å²) >= 11 is 0. The molecule has 0 saturated heterocycles. The lowest BCUT2D eigenvalue weighted by atomic mass is 9.73. The molecule has 0 aliphatic heterocycles. The second-order valence-corrected chi connectivity index (χ2v) is 11.5. The molecule has 0 radical (unpaired) electrons. The molecule has 43 heavy (non-hydrogen) atoms. The summed E-state index contributed by atoms with van der Waals surface area (Å²) in [5.41, 5.74) is 1.24. The van der Waals surface area contributed by atoms with Gasteiger partial charge in [-0.1, -0.05) is 44.4 Å². The number of esters is 3. The van der Waals surface area contributed by atoms with Gasteiger partial charge in [-0.2, -0.15) is 0 Å². The van der Waals surface area contributed by atoms with Crippen LogP contribution in [0.25, 0.3) is 0 Å². The summed E-state index contributed by atoms with van der Waals surface area (Å²) in [6.45, 7) is 12.9. The van der Waals surface area contributed by atoms with Crippen molar-refractivity contribution in [2.24, 2.45) is 5.92 Å². The zero-order valence-corrected chi connectivity index (χ0v) is 25.9. The van der Waals surface area contributed by atoms with Gasteiger partial charge in [0.05, 0.1) is 18.6 Å². The number of allylic oxidation sites excluding steroid dienone is 2. The number of hydrogen-bond acceptors (Lipinski definition) is 10. The maximum atomic E-state index is 13.1. The highest BCUT2D eigenvalue weighted by molar-refractivity contribution is 5.83. The molecule has 1 aliphatic carbocycles. The van der Waals surface area contributed by atoms with E-state index >= 15 is 0 Å². The highest BCUT2D eigenvalue weighted by Gasteiger charge is 2.37. The van der Waals surface area contributed by atoms with Crippen LogP contribution in [-0.4, -0.2) is 47.9 Å². The van der Waals surface area contributed by atoms with Crippen LogP contribution in [0.2, 0.25) is 0 Å². The van der Waals surface area contributed by atoms with Gasteiger partial charge in [0, 0.05) is 24.8 Å². The number of carbonyl (C=O) groups excluding carboxylic acids is 3. The fourth-order valence-electron chi connectivity index (χ4n) is 5.04. The highest BCUT2D eigenvalue weighted by Crippen LogP contribution is 2.48. The summed E-state index contributed by atoms with van der Waals surface area (Å²) in [4.78, 5) is 52.2. The Bertz CT molecular complexity index is 1200. The SMILES string of the molecule is C=C(C)C1CCC(COC(C)=O)=CC1c1c(O)cc(C(C)(C)C(=O)OCCCCCC)cc1OC(=O)CCCO[N+](=O)[O-]. The second kappa shape index (κ2) is 16.7. The van der Waals surface area contributed by atoms with E-state index in [1.54, 1.807) is 19.9 Å². The normalized spacial score (nSPS) is 16.5. The summed E-state index contributed by atoms with van der Waals surface area (Å²) in [5.74, 6) is -2.30. The van der Waals surface area contributed by atoms with E-state index in [1.807, 2.05) is 13.0 Å². The van der Waals surface area contributed by atoms with E-state index in [2.05, 4.69) is 18.3 Å². The third-order valence-electron chi connectivity index (χ3n) is 7.58. The average Bonchev–Trinajstić information content (AvgIpc) is 2.93. The van der Waals surface area contributed by atoms with Crippen LogP contribution < -0.4 is 4.74 Å². The number of phenolic OH excluding ortho intramolecular Hbond substituents is 1. The first kappa shape index (κ1) is 35.3. The van der Waals surface area contributed by atoms with E-state index in [9.17, 15) is 29.6 Å². The molecule has 238 valence electrons. The van der Waals surface area contributed by atoms with Gasteiger partial charge < -0.3 is 24.2 Å². The predicted molar refractivity (Wildman–Crippen MR) is 159 cm³/mol. The minimum Gasteiger partial charge on any atom is -0.507 e. The van der Waals surface area contributed by atoms with Crippen molar-refractivity contribution < 1.29 is 43.6 Å². The van der Waals surface area contributed by atoms with Gasteiger partial charge in [0.15, 0.2) is 0 Å². The number of aromatic hydroxyl groups is 1. The summed E-state index contributed by atoms with van der Waals surface area (Å²) < 4.78 is 16.5. The molecule has 2 rings (SSSR count). The lowest BCUT2D eigenvalue weighted by Crippen LogP contribution is -2.31. The molecular formula is C32H45NO10. The number of unbranched alkanes of at least 4 members (excludes halogenated alkanes) is 3. The van der Waals surface area contributed by atoms with E-state index in [0.29, 0.717) is 24.0 Å². The van der Waals surface area contributed by atoms with E-state index < -0.39 is 34.3 Å². The van der Waals surface area contributed by atoms with Gasteiger partial charge >= 0.3 is 17.9 Å². The predicted octanol–water partition coefficient (Wildman–Crippen LogP) is 6.25. The van der Waals surface area contributed by atoms with Crippen molar-refractivity contribution in [3.8, 4) is 11.5 Å². The molecular weight excluding hydrogens is 558 g/mol. The van der Waals surface area contributed by atoms with Gasteiger partial charge in [-0.25, -0.2) is 0 Å². The van der Waals surface area contributed by atoms with E-state index in [1.165, 1.54) is 13.0 Å². The zero-order valence-electron chi connectivity index (χ0n) is 25.9. The molecule has 11 heteroatoms. The van der Waals surface area contributed by atoms with E-state index in [0.717, 1.165) is 36.8 Å². The van der Waals surface area contributed by atoms with Gasteiger partial charge in [0.2, 0.25) is 0 Å². The third kappa shape index (κ3) is 10.7. The number of hydrogen-bond donors (Lipinski definition) is 1. The summed E-state index contributed by atoms with van der Waals surface area (Å²) in [6, 6.07) is 3.04. The lowest BCUT2D eigenvalue weighted by molar-refractivity contribution is -0.757. The van der Waals surface area contributed by atoms with Crippen LogP contribution in [-0.2, 0) is 34.1 Å². The van der Waals surface area contributed by atoms with Crippen molar-refractivity contribution in [2.75, 3.05) is 19.8 Å². The summed E-state index contributed by atoms with van der Waals surface area (Å²) in [6.07, 6.45) is 6.89. The Kier molecular flexibility index (Phi) is 13.7. The average molecular weight is 604 g/mol. The van der Waals surface area contributed by atoms with Crippen LogP contribution in [0.3, 0.4) is 0 Å². The van der Waals surface area contributed by atoms with Crippen molar-refractivity contribution in [1.29, 1.82) is 0 Å². The number of carbonyl (C=O) groups is 3. The van der Waals surface area contributed by atoms with Crippen molar-refractivity contribution in [3.05, 3.63) is 57.2 Å². The Labute approximate surface area is 253 Å². The largest absolute Gasteiger partial charge is 0.507 e.